The van der Waals surface area contributed by atoms with Gasteiger partial charge in [0, 0.05) is 6.20 Å². The van der Waals surface area contributed by atoms with E-state index in [9.17, 15) is 14.4 Å². The summed E-state index contributed by atoms with van der Waals surface area (Å²) < 4.78 is 6.02. The SMILES string of the molecule is COc1ccc(/C=C2\C(=O)NC(=O)N(c3cccnc3)C2=O)cc1I. The zero-order valence-corrected chi connectivity index (χ0v) is 15.2. The average Bonchev–Trinajstić information content (AvgIpc) is 2.59. The number of carbonyl (C=O) groups excluding carboxylic acids is 3. The van der Waals surface area contributed by atoms with Crippen molar-refractivity contribution in [3.8, 4) is 5.75 Å². The number of rotatable bonds is 3. The smallest absolute Gasteiger partial charge is 0.336 e. The van der Waals surface area contributed by atoms with E-state index in [0.29, 0.717) is 11.3 Å². The molecule has 0 radical (unpaired) electrons. The van der Waals surface area contributed by atoms with E-state index < -0.39 is 17.8 Å². The van der Waals surface area contributed by atoms with Crippen LogP contribution in [0.15, 0.2) is 48.3 Å². The summed E-state index contributed by atoms with van der Waals surface area (Å²) in [6.45, 7) is 0. The summed E-state index contributed by atoms with van der Waals surface area (Å²) in [6.07, 6.45) is 4.34. The fourth-order valence-corrected chi connectivity index (χ4v) is 3.08. The lowest BCUT2D eigenvalue weighted by atomic mass is 10.1. The molecule has 0 unspecified atom stereocenters. The Kier molecular flexibility index (Phi) is 4.79. The van der Waals surface area contributed by atoms with Crippen LogP contribution in [-0.4, -0.2) is 29.9 Å². The third-order valence-electron chi connectivity index (χ3n) is 3.49. The van der Waals surface area contributed by atoms with Gasteiger partial charge in [-0.3, -0.25) is 19.9 Å². The molecular formula is C17H12IN3O4. The van der Waals surface area contributed by atoms with Crippen molar-refractivity contribution < 1.29 is 19.1 Å². The highest BCUT2D eigenvalue weighted by atomic mass is 127. The van der Waals surface area contributed by atoms with Crippen molar-refractivity contribution in [3.63, 3.8) is 0 Å². The van der Waals surface area contributed by atoms with E-state index in [1.807, 2.05) is 0 Å². The van der Waals surface area contributed by atoms with Gasteiger partial charge in [-0.15, -0.1) is 0 Å². The Morgan fingerprint density at radius 2 is 2.04 bits per heavy atom. The van der Waals surface area contributed by atoms with Crippen LogP contribution in [0.5, 0.6) is 5.75 Å². The fraction of sp³-hybridized carbons (Fsp3) is 0.0588. The maximum Gasteiger partial charge on any atom is 0.336 e. The third-order valence-corrected chi connectivity index (χ3v) is 4.34. The van der Waals surface area contributed by atoms with Crippen LogP contribution >= 0.6 is 22.6 Å². The first kappa shape index (κ1) is 17.1. The van der Waals surface area contributed by atoms with Crippen LogP contribution in [-0.2, 0) is 9.59 Å². The molecule has 0 saturated carbocycles. The molecule has 1 aromatic heterocycles. The Morgan fingerprint density at radius 3 is 2.68 bits per heavy atom. The second-order valence-corrected chi connectivity index (χ2v) is 6.23. The molecule has 7 nitrogen and oxygen atoms in total. The zero-order chi connectivity index (χ0) is 18.0. The number of hydrogen-bond acceptors (Lipinski definition) is 5. The molecule has 2 heterocycles. The molecule has 1 aromatic carbocycles. The number of methoxy groups -OCH3 is 1. The minimum Gasteiger partial charge on any atom is -0.496 e. The number of barbiturate groups is 1. The van der Waals surface area contributed by atoms with Gasteiger partial charge < -0.3 is 4.74 Å². The van der Waals surface area contributed by atoms with E-state index >= 15 is 0 Å². The van der Waals surface area contributed by atoms with E-state index in [1.165, 1.54) is 18.5 Å². The molecule has 0 aliphatic carbocycles. The molecule has 0 spiro atoms. The first-order valence-electron chi connectivity index (χ1n) is 7.16. The molecule has 1 aliphatic heterocycles. The molecule has 2 aromatic rings. The summed E-state index contributed by atoms with van der Waals surface area (Å²) in [7, 11) is 1.56. The Morgan fingerprint density at radius 1 is 1.24 bits per heavy atom. The van der Waals surface area contributed by atoms with Crippen LogP contribution in [0.1, 0.15) is 5.56 Å². The van der Waals surface area contributed by atoms with E-state index in [2.05, 4.69) is 32.9 Å². The maximum absolute atomic E-state index is 12.7. The number of aromatic nitrogens is 1. The molecule has 25 heavy (non-hydrogen) atoms. The highest BCUT2D eigenvalue weighted by Crippen LogP contribution is 2.25. The predicted molar refractivity (Wildman–Crippen MR) is 98.9 cm³/mol. The second-order valence-electron chi connectivity index (χ2n) is 5.06. The van der Waals surface area contributed by atoms with Crippen LogP contribution in [0.3, 0.4) is 0 Å². The van der Waals surface area contributed by atoms with Crippen molar-refractivity contribution in [1.29, 1.82) is 0 Å². The lowest BCUT2D eigenvalue weighted by molar-refractivity contribution is -0.122. The van der Waals surface area contributed by atoms with E-state index in [-0.39, 0.29) is 11.3 Å². The van der Waals surface area contributed by atoms with Crippen LogP contribution in [0.4, 0.5) is 10.5 Å². The number of pyridine rings is 1. The number of carbonyl (C=O) groups is 3. The summed E-state index contributed by atoms with van der Waals surface area (Å²) in [5.41, 5.74) is 0.793. The highest BCUT2D eigenvalue weighted by molar-refractivity contribution is 14.1. The standard InChI is InChI=1S/C17H12IN3O4/c1-25-14-5-4-10(8-13(14)18)7-12-15(22)20-17(24)21(16(12)23)11-3-2-6-19-9-11/h2-9H,1H3,(H,20,22,24)/b12-7+. The number of anilines is 1. The molecule has 1 aliphatic rings. The highest BCUT2D eigenvalue weighted by Gasteiger charge is 2.36. The van der Waals surface area contributed by atoms with Crippen molar-refractivity contribution in [3.05, 3.63) is 57.4 Å². The maximum atomic E-state index is 12.7. The van der Waals surface area contributed by atoms with Crippen LogP contribution in [0.2, 0.25) is 0 Å². The Labute approximate surface area is 156 Å². The van der Waals surface area contributed by atoms with Crippen molar-refractivity contribution in [2.75, 3.05) is 12.0 Å². The van der Waals surface area contributed by atoms with Gasteiger partial charge in [0.1, 0.15) is 11.3 Å². The molecule has 3 rings (SSSR count). The number of nitrogens with one attached hydrogen (secondary N) is 1. The largest absolute Gasteiger partial charge is 0.496 e. The lowest BCUT2D eigenvalue weighted by Crippen LogP contribution is -2.54. The Hall–Kier alpha value is -2.75. The van der Waals surface area contributed by atoms with Gasteiger partial charge in [-0.05, 0) is 58.5 Å². The number of hydrogen-bond donors (Lipinski definition) is 1. The Bertz CT molecular complexity index is 896. The summed E-state index contributed by atoms with van der Waals surface area (Å²) in [5, 5.41) is 2.17. The summed E-state index contributed by atoms with van der Waals surface area (Å²) >= 11 is 2.09. The van der Waals surface area contributed by atoms with Gasteiger partial charge in [0.05, 0.1) is 22.6 Å². The van der Waals surface area contributed by atoms with Gasteiger partial charge in [-0.2, -0.15) is 0 Å². The van der Waals surface area contributed by atoms with Gasteiger partial charge in [0.2, 0.25) is 0 Å². The van der Waals surface area contributed by atoms with E-state index in [4.69, 9.17) is 4.74 Å². The predicted octanol–water partition coefficient (Wildman–Crippen LogP) is 2.36. The number of imide groups is 2. The molecule has 0 bridgehead atoms. The van der Waals surface area contributed by atoms with Crippen LogP contribution in [0.25, 0.3) is 6.08 Å². The number of nitrogens with zero attached hydrogens (tertiary/aromatic N) is 2. The van der Waals surface area contributed by atoms with Crippen LogP contribution in [0, 0.1) is 3.57 Å². The summed E-state index contributed by atoms with van der Waals surface area (Å²) in [6, 6.07) is 7.60. The molecule has 4 amide bonds. The number of benzene rings is 1. The third kappa shape index (κ3) is 3.38. The monoisotopic (exact) mass is 449 g/mol. The number of halogens is 1. The van der Waals surface area contributed by atoms with Crippen molar-refractivity contribution in [2.45, 2.75) is 0 Å². The minimum atomic E-state index is -0.801. The second kappa shape index (κ2) is 7.01. The van der Waals surface area contributed by atoms with Gasteiger partial charge in [0.25, 0.3) is 11.8 Å². The molecule has 8 heteroatoms. The summed E-state index contributed by atoms with van der Waals surface area (Å²) in [5.74, 6) is -0.747. The van der Waals surface area contributed by atoms with E-state index in [0.717, 1.165) is 8.47 Å². The quantitative estimate of drug-likeness (QED) is 0.442. The van der Waals surface area contributed by atoms with Gasteiger partial charge in [0.15, 0.2) is 0 Å². The van der Waals surface area contributed by atoms with Crippen molar-refractivity contribution in [2.24, 2.45) is 0 Å². The summed E-state index contributed by atoms with van der Waals surface area (Å²) in [4.78, 5) is 41.6. The average molecular weight is 449 g/mol. The Balaban J connectivity index is 2.00. The van der Waals surface area contributed by atoms with Gasteiger partial charge in [-0.25, -0.2) is 9.69 Å². The van der Waals surface area contributed by atoms with Gasteiger partial charge in [-0.1, -0.05) is 6.07 Å². The number of amides is 4. The molecule has 1 fully saturated rings. The molecule has 1 N–H and O–H groups in total. The van der Waals surface area contributed by atoms with Crippen LogP contribution < -0.4 is 15.0 Å². The van der Waals surface area contributed by atoms with Gasteiger partial charge >= 0.3 is 6.03 Å². The van der Waals surface area contributed by atoms with Crippen molar-refractivity contribution >= 4 is 52.2 Å². The fourth-order valence-electron chi connectivity index (χ4n) is 2.32. The lowest BCUT2D eigenvalue weighted by Gasteiger charge is -2.26. The minimum absolute atomic E-state index is 0.135. The molecule has 126 valence electrons. The normalized spacial score (nSPS) is 16.2. The first-order chi connectivity index (χ1) is 12.0. The van der Waals surface area contributed by atoms with E-state index in [1.54, 1.807) is 37.4 Å². The molecule has 1 saturated heterocycles. The topological polar surface area (TPSA) is 88.6 Å². The molecular weight excluding hydrogens is 437 g/mol. The zero-order valence-electron chi connectivity index (χ0n) is 13.0. The first-order valence-corrected chi connectivity index (χ1v) is 8.24. The van der Waals surface area contributed by atoms with Crippen molar-refractivity contribution in [1.82, 2.24) is 10.3 Å². The number of urea groups is 1. The molecule has 0 atom stereocenters. The number of ether oxygens (including phenoxy) is 1.